The van der Waals surface area contributed by atoms with Gasteiger partial charge in [-0.25, -0.2) is 0 Å². The Labute approximate surface area is 224 Å². The van der Waals surface area contributed by atoms with Gasteiger partial charge in [-0.05, 0) is 66.5 Å². The van der Waals surface area contributed by atoms with Crippen LogP contribution < -0.4 is 0 Å². The van der Waals surface area contributed by atoms with E-state index in [1.54, 1.807) is 0 Å². The number of amides is 2. The van der Waals surface area contributed by atoms with E-state index in [0.717, 1.165) is 31.4 Å². The normalized spacial score (nSPS) is 20.1. The Bertz CT molecular complexity index is 1210. The Morgan fingerprint density at radius 2 is 1.76 bits per heavy atom. The van der Waals surface area contributed by atoms with Crippen molar-refractivity contribution >= 4 is 23.2 Å². The SMILES string of the molecule is CCCCc1ccc(C(=O)N2CCN(C(=O)CN3CCc4sccc4[C@H]3c3ccccc3)C[C@H]2C)cc1. The van der Waals surface area contributed by atoms with Crippen LogP contribution in [0.3, 0.4) is 0 Å². The summed E-state index contributed by atoms with van der Waals surface area (Å²) in [4.78, 5) is 34.4. The number of nitrogens with zero attached hydrogens (tertiary/aromatic N) is 3. The lowest BCUT2D eigenvalue weighted by atomic mass is 9.93. The topological polar surface area (TPSA) is 43.9 Å². The molecule has 3 heterocycles. The second-order valence-corrected chi connectivity index (χ2v) is 11.3. The molecule has 2 atom stereocenters. The van der Waals surface area contributed by atoms with Gasteiger partial charge in [0.25, 0.3) is 5.91 Å². The monoisotopic (exact) mass is 515 g/mol. The van der Waals surface area contributed by atoms with Gasteiger partial charge in [-0.15, -0.1) is 11.3 Å². The Morgan fingerprint density at radius 3 is 2.49 bits per heavy atom. The zero-order valence-corrected chi connectivity index (χ0v) is 22.8. The summed E-state index contributed by atoms with van der Waals surface area (Å²) < 4.78 is 0. The maximum atomic E-state index is 13.5. The molecule has 1 aromatic heterocycles. The van der Waals surface area contributed by atoms with Gasteiger partial charge in [0.05, 0.1) is 12.6 Å². The van der Waals surface area contributed by atoms with Crippen LogP contribution >= 0.6 is 11.3 Å². The van der Waals surface area contributed by atoms with Crippen molar-refractivity contribution in [1.82, 2.24) is 14.7 Å². The van der Waals surface area contributed by atoms with Crippen LogP contribution in [0.4, 0.5) is 0 Å². The van der Waals surface area contributed by atoms with E-state index in [9.17, 15) is 9.59 Å². The van der Waals surface area contributed by atoms with Gasteiger partial charge >= 0.3 is 0 Å². The number of unbranched alkanes of at least 4 members (excludes halogenated alkanes) is 1. The van der Waals surface area contributed by atoms with E-state index >= 15 is 0 Å². The fourth-order valence-electron chi connectivity index (χ4n) is 5.68. The predicted molar refractivity (Wildman–Crippen MR) is 150 cm³/mol. The molecule has 5 nitrogen and oxygen atoms in total. The van der Waals surface area contributed by atoms with Gasteiger partial charge < -0.3 is 9.80 Å². The molecule has 1 fully saturated rings. The summed E-state index contributed by atoms with van der Waals surface area (Å²) in [5.74, 6) is 0.214. The highest BCUT2D eigenvalue weighted by molar-refractivity contribution is 7.10. The number of carbonyl (C=O) groups excluding carboxylic acids is 2. The molecule has 0 N–H and O–H groups in total. The number of fused-ring (bicyclic) bond motifs is 1. The van der Waals surface area contributed by atoms with Gasteiger partial charge in [0.15, 0.2) is 0 Å². The van der Waals surface area contributed by atoms with Crippen molar-refractivity contribution in [3.8, 4) is 0 Å². The summed E-state index contributed by atoms with van der Waals surface area (Å²) in [5.41, 5.74) is 4.58. The van der Waals surface area contributed by atoms with Crippen LogP contribution in [0.5, 0.6) is 0 Å². The number of aryl methyl sites for hydroxylation is 1. The van der Waals surface area contributed by atoms with E-state index in [-0.39, 0.29) is 23.9 Å². The molecule has 3 aromatic rings. The van der Waals surface area contributed by atoms with Gasteiger partial charge in [-0.2, -0.15) is 0 Å². The number of hydrogen-bond acceptors (Lipinski definition) is 4. The van der Waals surface area contributed by atoms with E-state index < -0.39 is 0 Å². The third-order valence-corrected chi connectivity index (χ3v) is 8.78. The smallest absolute Gasteiger partial charge is 0.254 e. The number of carbonyl (C=O) groups is 2. The molecule has 2 amide bonds. The predicted octanol–water partition coefficient (Wildman–Crippen LogP) is 5.41. The molecule has 0 bridgehead atoms. The standard InChI is InChI=1S/C31H37N3O2S/c1-3-4-8-24-11-13-26(14-12-24)31(36)34-19-18-32(21-23(34)2)29(35)22-33-17-15-28-27(16-20-37-28)30(33)25-9-6-5-7-10-25/h5-7,9-14,16,20,23,30H,3-4,8,15,17-19,21-22H2,1-2H3/t23-,30-/m1/s1. The van der Waals surface area contributed by atoms with Crippen molar-refractivity contribution in [2.45, 2.75) is 51.6 Å². The minimum Gasteiger partial charge on any atom is -0.338 e. The first-order valence-corrected chi connectivity index (χ1v) is 14.5. The van der Waals surface area contributed by atoms with Crippen molar-refractivity contribution in [1.29, 1.82) is 0 Å². The molecule has 5 rings (SSSR count). The van der Waals surface area contributed by atoms with Crippen LogP contribution in [0, 0.1) is 0 Å². The molecule has 0 aliphatic carbocycles. The zero-order valence-electron chi connectivity index (χ0n) is 21.9. The van der Waals surface area contributed by atoms with E-state index in [2.05, 4.69) is 66.6 Å². The van der Waals surface area contributed by atoms with E-state index in [1.807, 2.05) is 39.3 Å². The lowest BCUT2D eigenvalue weighted by Crippen LogP contribution is -2.57. The molecular weight excluding hydrogens is 478 g/mol. The number of hydrogen-bond donors (Lipinski definition) is 0. The van der Waals surface area contributed by atoms with Crippen LogP contribution in [-0.4, -0.2) is 65.3 Å². The zero-order chi connectivity index (χ0) is 25.8. The average Bonchev–Trinajstić information content (AvgIpc) is 3.41. The molecule has 194 valence electrons. The fraction of sp³-hybridized carbons (Fsp3) is 0.419. The lowest BCUT2D eigenvalue weighted by molar-refractivity contribution is -0.135. The summed E-state index contributed by atoms with van der Waals surface area (Å²) in [6, 6.07) is 20.9. The maximum Gasteiger partial charge on any atom is 0.254 e. The van der Waals surface area contributed by atoms with Crippen LogP contribution in [0.2, 0.25) is 0 Å². The van der Waals surface area contributed by atoms with Crippen molar-refractivity contribution < 1.29 is 9.59 Å². The van der Waals surface area contributed by atoms with E-state index in [0.29, 0.717) is 26.2 Å². The Morgan fingerprint density at radius 1 is 0.973 bits per heavy atom. The van der Waals surface area contributed by atoms with Crippen molar-refractivity contribution in [2.24, 2.45) is 0 Å². The van der Waals surface area contributed by atoms with Crippen molar-refractivity contribution in [3.63, 3.8) is 0 Å². The highest BCUT2D eigenvalue weighted by Gasteiger charge is 2.34. The molecule has 37 heavy (non-hydrogen) atoms. The average molecular weight is 516 g/mol. The molecule has 0 unspecified atom stereocenters. The Balaban J connectivity index is 1.22. The van der Waals surface area contributed by atoms with Gasteiger partial charge in [0.1, 0.15) is 0 Å². The van der Waals surface area contributed by atoms with E-state index in [4.69, 9.17) is 0 Å². The van der Waals surface area contributed by atoms with Crippen LogP contribution in [-0.2, 0) is 17.6 Å². The molecule has 2 aliphatic rings. The van der Waals surface area contributed by atoms with Crippen LogP contribution in [0.25, 0.3) is 0 Å². The molecule has 0 radical (unpaired) electrons. The van der Waals surface area contributed by atoms with Crippen molar-refractivity contribution in [3.05, 3.63) is 93.2 Å². The summed E-state index contributed by atoms with van der Waals surface area (Å²) >= 11 is 1.82. The third-order valence-electron chi connectivity index (χ3n) is 7.78. The first-order chi connectivity index (χ1) is 18.0. The van der Waals surface area contributed by atoms with Gasteiger partial charge in [0.2, 0.25) is 5.91 Å². The highest BCUT2D eigenvalue weighted by atomic mass is 32.1. The number of benzene rings is 2. The van der Waals surface area contributed by atoms with Crippen LogP contribution in [0.15, 0.2) is 66.0 Å². The van der Waals surface area contributed by atoms with E-state index in [1.165, 1.54) is 28.0 Å². The lowest BCUT2D eigenvalue weighted by Gasteiger charge is -2.42. The summed E-state index contributed by atoms with van der Waals surface area (Å²) in [7, 11) is 0. The summed E-state index contributed by atoms with van der Waals surface area (Å²) in [5, 5.41) is 2.17. The van der Waals surface area contributed by atoms with Gasteiger partial charge in [-0.3, -0.25) is 14.5 Å². The molecule has 0 saturated carbocycles. The first kappa shape index (κ1) is 25.7. The molecule has 2 aliphatic heterocycles. The molecule has 1 saturated heterocycles. The maximum absolute atomic E-state index is 13.5. The van der Waals surface area contributed by atoms with Crippen molar-refractivity contribution in [2.75, 3.05) is 32.7 Å². The third kappa shape index (κ3) is 5.65. The minimum atomic E-state index is -0.0141. The Kier molecular flexibility index (Phi) is 8.06. The largest absolute Gasteiger partial charge is 0.338 e. The molecule has 0 spiro atoms. The Hall–Kier alpha value is -2.96. The second-order valence-electron chi connectivity index (χ2n) is 10.3. The highest BCUT2D eigenvalue weighted by Crippen LogP contribution is 2.37. The number of thiophene rings is 1. The molecule has 6 heteroatoms. The fourth-order valence-corrected chi connectivity index (χ4v) is 6.59. The van der Waals surface area contributed by atoms with Crippen LogP contribution in [0.1, 0.15) is 64.7 Å². The summed E-state index contributed by atoms with van der Waals surface area (Å²) in [6.07, 6.45) is 4.37. The summed E-state index contributed by atoms with van der Waals surface area (Å²) in [6.45, 7) is 7.25. The minimum absolute atomic E-state index is 0.0141. The molecular formula is C31H37N3O2S. The number of piperazine rings is 1. The molecule has 2 aromatic carbocycles. The van der Waals surface area contributed by atoms with Gasteiger partial charge in [-0.1, -0.05) is 55.8 Å². The first-order valence-electron chi connectivity index (χ1n) is 13.6. The van der Waals surface area contributed by atoms with Gasteiger partial charge in [0, 0.05) is 42.7 Å². The number of rotatable bonds is 7. The second kappa shape index (κ2) is 11.6. The quantitative estimate of drug-likeness (QED) is 0.423.